The van der Waals surface area contributed by atoms with Crippen molar-refractivity contribution in [1.82, 2.24) is 0 Å². The molecule has 0 amide bonds. The number of Topliss-reactive ketones (excluding diaryl/α,β-unsaturated/α-hetero) is 1. The van der Waals surface area contributed by atoms with Crippen molar-refractivity contribution in [3.8, 4) is 11.5 Å². The molecule has 1 aromatic carbocycles. The van der Waals surface area contributed by atoms with E-state index in [1.165, 1.54) is 0 Å². The Bertz CT molecular complexity index is 539. The SMILES string of the molecule is CCOc1cccc(OCC)c1C(=O)C(P=O)C(C)CC(C)(C)C. The van der Waals surface area contributed by atoms with Gasteiger partial charge in [-0.3, -0.25) is 9.36 Å². The molecule has 0 fully saturated rings. The molecule has 0 saturated carbocycles. The van der Waals surface area contributed by atoms with Crippen molar-refractivity contribution < 1.29 is 18.8 Å². The topological polar surface area (TPSA) is 52.6 Å². The van der Waals surface area contributed by atoms with Gasteiger partial charge in [-0.15, -0.1) is 0 Å². The van der Waals surface area contributed by atoms with Crippen LogP contribution >= 0.6 is 8.46 Å². The summed E-state index contributed by atoms with van der Waals surface area (Å²) in [6.07, 6.45) is 0.805. The van der Waals surface area contributed by atoms with Crippen molar-refractivity contribution in [2.24, 2.45) is 11.3 Å². The summed E-state index contributed by atoms with van der Waals surface area (Å²) in [5.41, 5.74) is -0.148. The van der Waals surface area contributed by atoms with E-state index >= 15 is 0 Å². The summed E-state index contributed by atoms with van der Waals surface area (Å²) in [4.78, 5) is 13.1. The lowest BCUT2D eigenvalue weighted by Gasteiger charge is -2.26. The van der Waals surface area contributed by atoms with E-state index in [1.54, 1.807) is 18.2 Å². The van der Waals surface area contributed by atoms with Crippen LogP contribution in [0, 0.1) is 11.3 Å². The van der Waals surface area contributed by atoms with Gasteiger partial charge in [-0.2, -0.15) is 0 Å². The van der Waals surface area contributed by atoms with E-state index in [9.17, 15) is 9.36 Å². The molecule has 0 N–H and O–H groups in total. The molecule has 0 saturated heterocycles. The third-order valence-corrected chi connectivity index (χ3v) is 4.66. The second-order valence-electron chi connectivity index (χ2n) is 7.15. The summed E-state index contributed by atoms with van der Waals surface area (Å²) in [6, 6.07) is 5.31. The predicted molar refractivity (Wildman–Crippen MR) is 97.7 cm³/mol. The van der Waals surface area contributed by atoms with Gasteiger partial charge in [0.15, 0.2) is 14.2 Å². The number of ketones is 1. The van der Waals surface area contributed by atoms with Crippen LogP contribution in [0.5, 0.6) is 11.5 Å². The summed E-state index contributed by atoms with van der Waals surface area (Å²) in [5, 5.41) is 0. The lowest BCUT2D eigenvalue weighted by atomic mass is 9.82. The molecule has 0 aliphatic heterocycles. The van der Waals surface area contributed by atoms with E-state index in [0.717, 1.165) is 6.42 Å². The third-order valence-electron chi connectivity index (χ3n) is 3.69. The van der Waals surface area contributed by atoms with Crippen LogP contribution in [0.2, 0.25) is 0 Å². The molecule has 1 aromatic rings. The van der Waals surface area contributed by atoms with Gasteiger partial charge in [-0.25, -0.2) is 0 Å². The summed E-state index contributed by atoms with van der Waals surface area (Å²) in [6.45, 7) is 13.0. The van der Waals surface area contributed by atoms with Gasteiger partial charge in [-0.05, 0) is 43.7 Å². The van der Waals surface area contributed by atoms with Crippen molar-refractivity contribution >= 4 is 14.2 Å². The monoisotopic (exact) mass is 352 g/mol. The minimum atomic E-state index is -0.606. The maximum absolute atomic E-state index is 13.1. The van der Waals surface area contributed by atoms with Crippen molar-refractivity contribution in [3.63, 3.8) is 0 Å². The lowest BCUT2D eigenvalue weighted by molar-refractivity contribution is 0.0953. The highest BCUT2D eigenvalue weighted by Crippen LogP contribution is 2.37. The Balaban J connectivity index is 3.25. The van der Waals surface area contributed by atoms with E-state index in [0.29, 0.717) is 30.3 Å². The van der Waals surface area contributed by atoms with Crippen molar-refractivity contribution in [1.29, 1.82) is 0 Å². The number of benzene rings is 1. The number of ether oxygens (including phenoxy) is 2. The van der Waals surface area contributed by atoms with Crippen LogP contribution in [0.25, 0.3) is 0 Å². The summed E-state index contributed by atoms with van der Waals surface area (Å²) in [7, 11) is -0.164. The fourth-order valence-electron chi connectivity index (χ4n) is 2.94. The van der Waals surface area contributed by atoms with Gasteiger partial charge >= 0.3 is 0 Å². The van der Waals surface area contributed by atoms with Crippen LogP contribution < -0.4 is 9.47 Å². The Morgan fingerprint density at radius 2 is 1.62 bits per heavy atom. The van der Waals surface area contributed by atoms with Gasteiger partial charge in [-0.1, -0.05) is 33.8 Å². The van der Waals surface area contributed by atoms with Crippen molar-refractivity contribution in [2.75, 3.05) is 13.2 Å². The number of carbonyl (C=O) groups excluding carboxylic acids is 1. The summed E-state index contributed by atoms with van der Waals surface area (Å²) < 4.78 is 23.0. The molecule has 0 bridgehead atoms. The Kier molecular flexibility index (Phi) is 7.89. The average molecular weight is 352 g/mol. The predicted octanol–water partition coefficient (Wildman–Crippen LogP) is 5.40. The van der Waals surface area contributed by atoms with E-state index in [2.05, 4.69) is 20.8 Å². The Labute approximate surface area is 147 Å². The van der Waals surface area contributed by atoms with Crippen molar-refractivity contribution in [2.45, 2.75) is 53.6 Å². The molecule has 134 valence electrons. The molecule has 0 aliphatic rings. The van der Waals surface area contributed by atoms with E-state index < -0.39 is 5.66 Å². The first-order chi connectivity index (χ1) is 11.2. The second kappa shape index (κ2) is 9.17. The van der Waals surface area contributed by atoms with Crippen molar-refractivity contribution in [3.05, 3.63) is 23.8 Å². The number of hydrogen-bond acceptors (Lipinski definition) is 4. The van der Waals surface area contributed by atoms with Crippen LogP contribution in [0.1, 0.15) is 58.3 Å². The lowest BCUT2D eigenvalue weighted by Crippen LogP contribution is -2.27. The molecular weight excluding hydrogens is 323 g/mol. The molecule has 4 nitrogen and oxygen atoms in total. The van der Waals surface area contributed by atoms with Gasteiger partial charge in [0, 0.05) is 0 Å². The van der Waals surface area contributed by atoms with E-state index in [1.807, 2.05) is 20.8 Å². The Morgan fingerprint density at radius 1 is 1.12 bits per heavy atom. The minimum Gasteiger partial charge on any atom is -0.493 e. The molecule has 0 aliphatic carbocycles. The van der Waals surface area contributed by atoms with Gasteiger partial charge in [0.05, 0.1) is 13.2 Å². The fraction of sp³-hybridized carbons (Fsp3) is 0.632. The maximum Gasteiger partial charge on any atom is 0.185 e. The normalized spacial score (nSPS) is 14.2. The van der Waals surface area contributed by atoms with Gasteiger partial charge in [0.1, 0.15) is 22.7 Å². The smallest absolute Gasteiger partial charge is 0.185 e. The van der Waals surface area contributed by atoms with E-state index in [4.69, 9.17) is 9.47 Å². The van der Waals surface area contributed by atoms with Crippen LogP contribution in [0.15, 0.2) is 18.2 Å². The van der Waals surface area contributed by atoms with Crippen LogP contribution in [-0.2, 0) is 4.57 Å². The zero-order chi connectivity index (χ0) is 18.3. The number of rotatable bonds is 9. The first-order valence-electron chi connectivity index (χ1n) is 8.50. The van der Waals surface area contributed by atoms with Crippen LogP contribution in [0.4, 0.5) is 0 Å². The van der Waals surface area contributed by atoms with E-state index in [-0.39, 0.29) is 25.6 Å². The molecule has 1 rings (SSSR count). The maximum atomic E-state index is 13.1. The molecule has 5 heteroatoms. The van der Waals surface area contributed by atoms with Crippen LogP contribution in [-0.4, -0.2) is 24.7 Å². The molecule has 0 aromatic heterocycles. The third kappa shape index (κ3) is 5.59. The van der Waals surface area contributed by atoms with Gasteiger partial charge < -0.3 is 9.47 Å². The number of hydrogen-bond donors (Lipinski definition) is 0. The molecule has 24 heavy (non-hydrogen) atoms. The highest BCUT2D eigenvalue weighted by atomic mass is 31.1. The Morgan fingerprint density at radius 3 is 2.00 bits per heavy atom. The largest absolute Gasteiger partial charge is 0.493 e. The minimum absolute atomic E-state index is 0.0131. The van der Waals surface area contributed by atoms with Gasteiger partial charge in [0.2, 0.25) is 0 Å². The highest BCUT2D eigenvalue weighted by Gasteiger charge is 2.33. The fourth-order valence-corrected chi connectivity index (χ4v) is 3.48. The zero-order valence-electron chi connectivity index (χ0n) is 15.6. The highest BCUT2D eigenvalue weighted by molar-refractivity contribution is 7.26. The number of carbonyl (C=O) groups is 1. The molecular formula is C19H29O4P. The second-order valence-corrected chi connectivity index (χ2v) is 7.92. The quantitative estimate of drug-likeness (QED) is 0.441. The Hall–Kier alpha value is -1.41. The first kappa shape index (κ1) is 20.6. The molecule has 0 spiro atoms. The molecule has 2 unspecified atom stereocenters. The van der Waals surface area contributed by atoms with Gasteiger partial charge in [0.25, 0.3) is 0 Å². The summed E-state index contributed by atoms with van der Waals surface area (Å²) in [5.74, 6) is 0.784. The summed E-state index contributed by atoms with van der Waals surface area (Å²) >= 11 is 0. The van der Waals surface area contributed by atoms with Crippen LogP contribution in [0.3, 0.4) is 0 Å². The zero-order valence-corrected chi connectivity index (χ0v) is 16.5. The molecule has 2 atom stereocenters. The molecule has 0 radical (unpaired) electrons. The standard InChI is InChI=1S/C19H29O4P/c1-7-22-14-10-9-11-15(23-8-2)16(14)17(20)18(24-21)13(3)12-19(4,5)6/h9-11,13,18H,7-8,12H2,1-6H3. The average Bonchev–Trinajstić information content (AvgIpc) is 2.47. The first-order valence-corrected chi connectivity index (χ1v) is 9.38. The molecule has 0 heterocycles.